The smallest absolute Gasteiger partial charge is 0.0468 e. The monoisotopic (exact) mass is 187 g/mol. The van der Waals surface area contributed by atoms with Gasteiger partial charge in [-0.1, -0.05) is 34.6 Å². The van der Waals surface area contributed by atoms with Crippen LogP contribution in [0.15, 0.2) is 0 Å². The Hall–Kier alpha value is -0.0800. The molecule has 1 atom stereocenters. The van der Waals surface area contributed by atoms with E-state index in [-0.39, 0.29) is 6.61 Å². The van der Waals surface area contributed by atoms with Crippen molar-refractivity contribution in [3.05, 3.63) is 0 Å². The van der Waals surface area contributed by atoms with Gasteiger partial charge >= 0.3 is 0 Å². The quantitative estimate of drug-likeness (QED) is 0.665. The molecule has 0 saturated heterocycles. The van der Waals surface area contributed by atoms with E-state index >= 15 is 0 Å². The molecular formula is C11H25NO. The fourth-order valence-corrected chi connectivity index (χ4v) is 0.909. The van der Waals surface area contributed by atoms with E-state index in [2.05, 4.69) is 39.9 Å². The standard InChI is InChI=1S/C11H25NO/c1-9(2)11(4,5)8-12-6-10(3)7-13/h9-10,12-13H,6-8H2,1-5H3. The third-order valence-electron chi connectivity index (χ3n) is 2.95. The van der Waals surface area contributed by atoms with Crippen LogP contribution >= 0.6 is 0 Å². The van der Waals surface area contributed by atoms with Crippen LogP contribution in [0.4, 0.5) is 0 Å². The predicted octanol–water partition coefficient (Wildman–Crippen LogP) is 1.89. The first-order valence-electron chi connectivity index (χ1n) is 5.21. The van der Waals surface area contributed by atoms with Crippen molar-refractivity contribution in [3.63, 3.8) is 0 Å². The summed E-state index contributed by atoms with van der Waals surface area (Å²) in [6, 6.07) is 0. The maximum absolute atomic E-state index is 8.83. The first-order chi connectivity index (χ1) is 5.90. The van der Waals surface area contributed by atoms with E-state index in [9.17, 15) is 0 Å². The van der Waals surface area contributed by atoms with Crippen LogP contribution in [0.3, 0.4) is 0 Å². The van der Waals surface area contributed by atoms with E-state index in [1.54, 1.807) is 0 Å². The second-order valence-electron chi connectivity index (χ2n) is 5.06. The Morgan fingerprint density at radius 3 is 2.15 bits per heavy atom. The molecule has 0 rings (SSSR count). The molecule has 13 heavy (non-hydrogen) atoms. The van der Waals surface area contributed by atoms with Gasteiger partial charge in [0.15, 0.2) is 0 Å². The molecule has 0 fully saturated rings. The van der Waals surface area contributed by atoms with Crippen molar-refractivity contribution in [3.8, 4) is 0 Å². The van der Waals surface area contributed by atoms with Crippen LogP contribution < -0.4 is 5.32 Å². The van der Waals surface area contributed by atoms with Gasteiger partial charge in [0, 0.05) is 13.2 Å². The molecule has 0 aromatic rings. The highest BCUT2D eigenvalue weighted by atomic mass is 16.3. The molecule has 0 aromatic carbocycles. The van der Waals surface area contributed by atoms with Gasteiger partial charge in [0.2, 0.25) is 0 Å². The van der Waals surface area contributed by atoms with E-state index in [4.69, 9.17) is 5.11 Å². The van der Waals surface area contributed by atoms with Crippen molar-refractivity contribution in [1.29, 1.82) is 0 Å². The molecule has 0 bridgehead atoms. The Morgan fingerprint density at radius 2 is 1.77 bits per heavy atom. The van der Waals surface area contributed by atoms with Crippen LogP contribution in [0.1, 0.15) is 34.6 Å². The van der Waals surface area contributed by atoms with Gasteiger partial charge in [-0.05, 0) is 23.8 Å². The van der Waals surface area contributed by atoms with E-state index in [0.29, 0.717) is 17.3 Å². The second kappa shape index (κ2) is 5.61. The molecule has 0 spiro atoms. The Kier molecular flexibility index (Phi) is 5.57. The molecular weight excluding hydrogens is 162 g/mol. The van der Waals surface area contributed by atoms with E-state index in [1.807, 2.05) is 0 Å². The minimum Gasteiger partial charge on any atom is -0.396 e. The fourth-order valence-electron chi connectivity index (χ4n) is 0.909. The van der Waals surface area contributed by atoms with Gasteiger partial charge in [0.05, 0.1) is 0 Å². The predicted molar refractivity (Wildman–Crippen MR) is 57.7 cm³/mol. The van der Waals surface area contributed by atoms with Crippen LogP contribution in [0.25, 0.3) is 0 Å². The number of rotatable bonds is 6. The van der Waals surface area contributed by atoms with Crippen molar-refractivity contribution in [2.75, 3.05) is 19.7 Å². The molecule has 2 heteroatoms. The van der Waals surface area contributed by atoms with Crippen molar-refractivity contribution in [2.45, 2.75) is 34.6 Å². The summed E-state index contributed by atoms with van der Waals surface area (Å²) >= 11 is 0. The summed E-state index contributed by atoms with van der Waals surface area (Å²) in [4.78, 5) is 0. The zero-order chi connectivity index (χ0) is 10.5. The molecule has 2 N–H and O–H groups in total. The second-order valence-corrected chi connectivity index (χ2v) is 5.06. The largest absolute Gasteiger partial charge is 0.396 e. The molecule has 0 aliphatic rings. The van der Waals surface area contributed by atoms with Crippen LogP contribution in [-0.4, -0.2) is 24.8 Å². The lowest BCUT2D eigenvalue weighted by Crippen LogP contribution is -2.36. The van der Waals surface area contributed by atoms with Crippen LogP contribution in [0.5, 0.6) is 0 Å². The SMILES string of the molecule is CC(CO)CNCC(C)(C)C(C)C. The first-order valence-corrected chi connectivity index (χ1v) is 5.21. The summed E-state index contributed by atoms with van der Waals surface area (Å²) in [6.45, 7) is 13.3. The Balaban J connectivity index is 3.63. The van der Waals surface area contributed by atoms with Gasteiger partial charge in [0.25, 0.3) is 0 Å². The molecule has 0 aliphatic heterocycles. The summed E-state index contributed by atoms with van der Waals surface area (Å²) in [5, 5.41) is 12.2. The molecule has 0 heterocycles. The van der Waals surface area contributed by atoms with Crippen LogP contribution in [0.2, 0.25) is 0 Å². The zero-order valence-corrected chi connectivity index (χ0v) is 9.72. The lowest BCUT2D eigenvalue weighted by Gasteiger charge is -2.30. The van der Waals surface area contributed by atoms with E-state index < -0.39 is 0 Å². The molecule has 0 saturated carbocycles. The number of aliphatic hydroxyl groups is 1. The van der Waals surface area contributed by atoms with Crippen molar-refractivity contribution >= 4 is 0 Å². The topological polar surface area (TPSA) is 32.3 Å². The van der Waals surface area contributed by atoms with Crippen LogP contribution in [0, 0.1) is 17.3 Å². The lowest BCUT2D eigenvalue weighted by molar-refractivity contribution is 0.208. The highest BCUT2D eigenvalue weighted by Gasteiger charge is 2.21. The summed E-state index contributed by atoms with van der Waals surface area (Å²) < 4.78 is 0. The number of nitrogens with one attached hydrogen (secondary N) is 1. The molecule has 1 unspecified atom stereocenters. The third-order valence-corrected chi connectivity index (χ3v) is 2.95. The summed E-state index contributed by atoms with van der Waals surface area (Å²) in [6.07, 6.45) is 0. The lowest BCUT2D eigenvalue weighted by atomic mass is 9.81. The maximum Gasteiger partial charge on any atom is 0.0468 e. The Morgan fingerprint density at radius 1 is 1.23 bits per heavy atom. The molecule has 80 valence electrons. The van der Waals surface area contributed by atoms with Crippen molar-refractivity contribution in [1.82, 2.24) is 5.32 Å². The minimum atomic E-state index is 0.273. The van der Waals surface area contributed by atoms with E-state index in [1.165, 1.54) is 0 Å². The number of hydrogen-bond donors (Lipinski definition) is 2. The van der Waals surface area contributed by atoms with Gasteiger partial charge in [0.1, 0.15) is 0 Å². The first kappa shape index (κ1) is 12.9. The minimum absolute atomic E-state index is 0.273. The van der Waals surface area contributed by atoms with Crippen LogP contribution in [-0.2, 0) is 0 Å². The van der Waals surface area contributed by atoms with Gasteiger partial charge in [-0.25, -0.2) is 0 Å². The Labute approximate surface area is 82.7 Å². The summed E-state index contributed by atoms with van der Waals surface area (Å²) in [5.74, 6) is 1.05. The van der Waals surface area contributed by atoms with Crippen molar-refractivity contribution in [2.24, 2.45) is 17.3 Å². The fraction of sp³-hybridized carbons (Fsp3) is 1.00. The molecule has 0 aliphatic carbocycles. The third kappa shape index (κ3) is 5.27. The number of aliphatic hydroxyl groups excluding tert-OH is 1. The zero-order valence-electron chi connectivity index (χ0n) is 9.72. The molecule has 0 radical (unpaired) electrons. The maximum atomic E-state index is 8.83. The molecule has 2 nitrogen and oxygen atoms in total. The molecule has 0 amide bonds. The number of hydrogen-bond acceptors (Lipinski definition) is 2. The van der Waals surface area contributed by atoms with Gasteiger partial charge in [-0.3, -0.25) is 0 Å². The Bertz CT molecular complexity index is 132. The van der Waals surface area contributed by atoms with Gasteiger partial charge in [-0.15, -0.1) is 0 Å². The van der Waals surface area contributed by atoms with Crippen molar-refractivity contribution < 1.29 is 5.11 Å². The van der Waals surface area contributed by atoms with Gasteiger partial charge < -0.3 is 10.4 Å². The molecule has 0 aromatic heterocycles. The highest BCUT2D eigenvalue weighted by molar-refractivity contribution is 4.75. The summed E-state index contributed by atoms with van der Waals surface area (Å²) in [7, 11) is 0. The normalized spacial score (nSPS) is 15.0. The van der Waals surface area contributed by atoms with Gasteiger partial charge in [-0.2, -0.15) is 0 Å². The average molecular weight is 187 g/mol. The van der Waals surface area contributed by atoms with E-state index in [0.717, 1.165) is 13.1 Å². The summed E-state index contributed by atoms with van der Waals surface area (Å²) in [5.41, 5.74) is 0.342. The average Bonchev–Trinajstić information content (AvgIpc) is 2.03. The highest BCUT2D eigenvalue weighted by Crippen LogP contribution is 2.24.